The first-order chi connectivity index (χ1) is 9.72. The molecule has 0 aliphatic rings. The average Bonchev–Trinajstić information content (AvgIpc) is 3.11. The maximum absolute atomic E-state index is 4.57. The summed E-state index contributed by atoms with van der Waals surface area (Å²) < 4.78 is 2.84. The molecule has 5 nitrogen and oxygen atoms in total. The highest BCUT2D eigenvalue weighted by Gasteiger charge is 2.07. The molecule has 7 heteroatoms. The van der Waals surface area contributed by atoms with Crippen LogP contribution in [0.2, 0.25) is 0 Å². The summed E-state index contributed by atoms with van der Waals surface area (Å²) >= 11 is 5.16. The van der Waals surface area contributed by atoms with Crippen molar-refractivity contribution in [1.29, 1.82) is 0 Å². The van der Waals surface area contributed by atoms with Gasteiger partial charge in [-0.3, -0.25) is 4.98 Å². The molecule has 0 fully saturated rings. The van der Waals surface area contributed by atoms with Gasteiger partial charge in [-0.15, -0.1) is 11.3 Å². The number of anilines is 1. The summed E-state index contributed by atoms with van der Waals surface area (Å²) in [6.07, 6.45) is 7.03. The predicted molar refractivity (Wildman–Crippen MR) is 83.3 cm³/mol. The first kappa shape index (κ1) is 13.3. The fourth-order valence-electron chi connectivity index (χ4n) is 1.83. The van der Waals surface area contributed by atoms with Gasteiger partial charge >= 0.3 is 0 Å². The van der Waals surface area contributed by atoms with E-state index in [1.807, 2.05) is 19.3 Å². The van der Waals surface area contributed by atoms with Gasteiger partial charge < -0.3 is 4.90 Å². The van der Waals surface area contributed by atoms with E-state index < -0.39 is 0 Å². The van der Waals surface area contributed by atoms with Crippen LogP contribution in [0, 0.1) is 0 Å². The summed E-state index contributed by atoms with van der Waals surface area (Å²) in [6, 6.07) is 3.98. The van der Waals surface area contributed by atoms with E-state index in [2.05, 4.69) is 47.3 Å². The Bertz CT molecular complexity index is 694. The molecule has 102 valence electrons. The topological polar surface area (TPSA) is 46.8 Å². The number of halogens is 1. The largest absolute Gasteiger partial charge is 0.354 e. The van der Waals surface area contributed by atoms with E-state index in [1.165, 1.54) is 5.56 Å². The second-order valence-corrected chi connectivity index (χ2v) is 6.59. The molecule has 0 aliphatic heterocycles. The van der Waals surface area contributed by atoms with Crippen LogP contribution < -0.4 is 4.90 Å². The lowest BCUT2D eigenvalue weighted by atomic mass is 10.3. The van der Waals surface area contributed by atoms with E-state index >= 15 is 0 Å². The fraction of sp³-hybridized carbons (Fsp3) is 0.154. The van der Waals surface area contributed by atoms with Gasteiger partial charge in [-0.05, 0) is 39.0 Å². The average molecular weight is 350 g/mol. The van der Waals surface area contributed by atoms with Gasteiger partial charge in [0.15, 0.2) is 5.82 Å². The third-order valence-corrected chi connectivity index (χ3v) is 4.33. The van der Waals surface area contributed by atoms with Crippen molar-refractivity contribution in [3.8, 4) is 5.82 Å². The van der Waals surface area contributed by atoms with Gasteiger partial charge in [0, 0.05) is 26.0 Å². The highest BCUT2D eigenvalue weighted by Crippen LogP contribution is 2.22. The Labute approximate surface area is 129 Å². The van der Waals surface area contributed by atoms with Gasteiger partial charge in [-0.1, -0.05) is 0 Å². The Morgan fingerprint density at radius 1 is 1.40 bits per heavy atom. The van der Waals surface area contributed by atoms with Crippen LogP contribution >= 0.6 is 27.3 Å². The second-order valence-electron chi connectivity index (χ2n) is 4.30. The summed E-state index contributed by atoms with van der Waals surface area (Å²) in [5, 5.41) is 6.30. The van der Waals surface area contributed by atoms with Crippen molar-refractivity contribution in [1.82, 2.24) is 19.7 Å². The number of rotatable bonds is 4. The minimum atomic E-state index is 0.714. The third kappa shape index (κ3) is 2.88. The molecule has 20 heavy (non-hydrogen) atoms. The molecule has 0 unspecified atom stereocenters. The summed E-state index contributed by atoms with van der Waals surface area (Å²) in [4.78, 5) is 10.9. The smallest absolute Gasteiger partial charge is 0.173 e. The van der Waals surface area contributed by atoms with Crippen LogP contribution in [0.4, 0.5) is 5.82 Å². The molecule has 0 saturated heterocycles. The Balaban J connectivity index is 1.81. The van der Waals surface area contributed by atoms with Crippen LogP contribution in [0.15, 0.2) is 46.1 Å². The highest BCUT2D eigenvalue weighted by molar-refractivity contribution is 9.11. The van der Waals surface area contributed by atoms with Crippen molar-refractivity contribution in [2.75, 3.05) is 11.9 Å². The standard InChI is InChI=1S/C13H12BrN5S/c1-18(8-10-5-11(14)20-9-10)12-6-15-7-13(17-12)19-4-2-3-16-19/h2-7,9H,8H2,1H3. The molecule has 3 rings (SSSR count). The molecular weight excluding hydrogens is 338 g/mol. The SMILES string of the molecule is CN(Cc1csc(Br)c1)c1cncc(-n2cccn2)n1. The minimum absolute atomic E-state index is 0.714. The molecule has 0 saturated carbocycles. The van der Waals surface area contributed by atoms with Gasteiger partial charge in [0.25, 0.3) is 0 Å². The normalized spacial score (nSPS) is 10.7. The van der Waals surface area contributed by atoms with E-state index in [0.29, 0.717) is 5.82 Å². The Morgan fingerprint density at radius 2 is 2.30 bits per heavy atom. The van der Waals surface area contributed by atoms with Gasteiger partial charge in [-0.25, -0.2) is 9.67 Å². The maximum atomic E-state index is 4.57. The minimum Gasteiger partial charge on any atom is -0.354 e. The molecule has 0 N–H and O–H groups in total. The molecule has 0 spiro atoms. The lowest BCUT2D eigenvalue weighted by Crippen LogP contribution is -2.18. The summed E-state index contributed by atoms with van der Waals surface area (Å²) in [5.41, 5.74) is 1.25. The van der Waals surface area contributed by atoms with Crippen LogP contribution in [0.1, 0.15) is 5.56 Å². The molecule has 0 atom stereocenters. The Kier molecular flexibility index (Phi) is 3.79. The fourth-order valence-corrected chi connectivity index (χ4v) is 3.03. The zero-order chi connectivity index (χ0) is 13.9. The van der Waals surface area contributed by atoms with Crippen LogP contribution in [-0.4, -0.2) is 26.8 Å². The van der Waals surface area contributed by atoms with E-state index in [-0.39, 0.29) is 0 Å². The molecule has 0 bridgehead atoms. The van der Waals surface area contributed by atoms with E-state index in [4.69, 9.17) is 0 Å². The van der Waals surface area contributed by atoms with Gasteiger partial charge in [0.05, 0.1) is 16.2 Å². The lowest BCUT2D eigenvalue weighted by molar-refractivity contribution is 0.818. The van der Waals surface area contributed by atoms with E-state index in [1.54, 1.807) is 34.6 Å². The molecule has 0 aliphatic carbocycles. The van der Waals surface area contributed by atoms with Crippen molar-refractivity contribution in [3.05, 3.63) is 51.7 Å². The number of hydrogen-bond donors (Lipinski definition) is 0. The molecule has 3 aromatic heterocycles. The van der Waals surface area contributed by atoms with Crippen molar-refractivity contribution in [2.45, 2.75) is 6.54 Å². The summed E-state index contributed by atoms with van der Waals surface area (Å²) in [6.45, 7) is 0.791. The van der Waals surface area contributed by atoms with Gasteiger partial charge in [0.2, 0.25) is 0 Å². The molecule has 3 heterocycles. The monoisotopic (exact) mass is 349 g/mol. The first-order valence-corrected chi connectivity index (χ1v) is 7.66. The number of nitrogens with zero attached hydrogens (tertiary/aromatic N) is 5. The zero-order valence-corrected chi connectivity index (χ0v) is 13.2. The Morgan fingerprint density at radius 3 is 3.00 bits per heavy atom. The van der Waals surface area contributed by atoms with Crippen LogP contribution in [0.25, 0.3) is 5.82 Å². The quantitative estimate of drug-likeness (QED) is 0.725. The van der Waals surface area contributed by atoms with Crippen LogP contribution in [0.5, 0.6) is 0 Å². The van der Waals surface area contributed by atoms with Crippen LogP contribution in [0.3, 0.4) is 0 Å². The maximum Gasteiger partial charge on any atom is 0.173 e. The Hall–Kier alpha value is -1.73. The predicted octanol–water partition coefficient (Wildman–Crippen LogP) is 3.12. The molecule has 3 aromatic rings. The number of thiophene rings is 1. The third-order valence-electron chi connectivity index (χ3n) is 2.78. The van der Waals surface area contributed by atoms with E-state index in [0.717, 1.165) is 16.1 Å². The lowest BCUT2D eigenvalue weighted by Gasteiger charge is -2.17. The van der Waals surface area contributed by atoms with Crippen molar-refractivity contribution >= 4 is 33.1 Å². The second kappa shape index (κ2) is 5.72. The first-order valence-electron chi connectivity index (χ1n) is 5.98. The van der Waals surface area contributed by atoms with Gasteiger partial charge in [0.1, 0.15) is 5.82 Å². The van der Waals surface area contributed by atoms with Gasteiger partial charge in [-0.2, -0.15) is 5.10 Å². The van der Waals surface area contributed by atoms with Crippen LogP contribution in [-0.2, 0) is 6.54 Å². The molecular formula is C13H12BrN5S. The van der Waals surface area contributed by atoms with E-state index in [9.17, 15) is 0 Å². The summed E-state index contributed by atoms with van der Waals surface area (Å²) in [7, 11) is 2.00. The highest BCUT2D eigenvalue weighted by atomic mass is 79.9. The van der Waals surface area contributed by atoms with Crippen molar-refractivity contribution in [3.63, 3.8) is 0 Å². The van der Waals surface area contributed by atoms with Crippen molar-refractivity contribution < 1.29 is 0 Å². The molecule has 0 aromatic carbocycles. The number of hydrogen-bond acceptors (Lipinski definition) is 5. The molecule has 0 amide bonds. The summed E-state index contributed by atoms with van der Waals surface area (Å²) in [5.74, 6) is 1.53. The zero-order valence-electron chi connectivity index (χ0n) is 10.8. The number of aromatic nitrogens is 4. The van der Waals surface area contributed by atoms with Crippen molar-refractivity contribution in [2.24, 2.45) is 0 Å². The molecule has 0 radical (unpaired) electrons.